The SMILES string of the molecule is CC(C)=CCC/C(C)=C/COC(=O)[C@@H]1CC(=O)O1. The van der Waals surface area contributed by atoms with Gasteiger partial charge in [0, 0.05) is 0 Å². The maximum Gasteiger partial charge on any atom is 0.348 e. The zero-order valence-electron chi connectivity index (χ0n) is 11.2. The quantitative estimate of drug-likeness (QED) is 0.538. The molecule has 18 heavy (non-hydrogen) atoms. The number of ether oxygens (including phenoxy) is 2. The Bertz CT molecular complexity index is 367. The van der Waals surface area contributed by atoms with Gasteiger partial charge in [-0.15, -0.1) is 0 Å². The summed E-state index contributed by atoms with van der Waals surface area (Å²) in [7, 11) is 0. The highest BCUT2D eigenvalue weighted by molar-refractivity contribution is 5.89. The van der Waals surface area contributed by atoms with Gasteiger partial charge in [0.2, 0.25) is 6.10 Å². The third-order valence-electron chi connectivity index (χ3n) is 2.64. The van der Waals surface area contributed by atoms with Gasteiger partial charge < -0.3 is 9.47 Å². The highest BCUT2D eigenvalue weighted by atomic mass is 16.6. The van der Waals surface area contributed by atoms with E-state index in [0.717, 1.165) is 12.8 Å². The van der Waals surface area contributed by atoms with E-state index >= 15 is 0 Å². The van der Waals surface area contributed by atoms with Gasteiger partial charge in [0.15, 0.2) is 0 Å². The Hall–Kier alpha value is -1.58. The summed E-state index contributed by atoms with van der Waals surface area (Å²) in [6.45, 7) is 6.39. The number of hydrogen-bond acceptors (Lipinski definition) is 4. The van der Waals surface area contributed by atoms with Crippen molar-refractivity contribution in [2.45, 2.75) is 46.1 Å². The molecule has 4 heteroatoms. The van der Waals surface area contributed by atoms with Crippen LogP contribution in [-0.4, -0.2) is 24.6 Å². The van der Waals surface area contributed by atoms with Crippen LogP contribution < -0.4 is 0 Å². The maximum absolute atomic E-state index is 11.3. The van der Waals surface area contributed by atoms with Gasteiger partial charge in [-0.1, -0.05) is 17.2 Å². The van der Waals surface area contributed by atoms with Crippen LogP contribution in [0.4, 0.5) is 0 Å². The summed E-state index contributed by atoms with van der Waals surface area (Å²) >= 11 is 0. The van der Waals surface area contributed by atoms with Crippen molar-refractivity contribution in [2.24, 2.45) is 0 Å². The fraction of sp³-hybridized carbons (Fsp3) is 0.571. The van der Waals surface area contributed by atoms with E-state index in [1.165, 1.54) is 11.1 Å². The zero-order chi connectivity index (χ0) is 13.5. The van der Waals surface area contributed by atoms with Crippen LogP contribution in [0, 0.1) is 0 Å². The molecule has 0 unspecified atom stereocenters. The number of cyclic esters (lactones) is 1. The number of hydrogen-bond donors (Lipinski definition) is 0. The summed E-state index contributed by atoms with van der Waals surface area (Å²) in [5, 5.41) is 0. The van der Waals surface area contributed by atoms with E-state index in [1.807, 2.05) is 13.0 Å². The molecular weight excluding hydrogens is 232 g/mol. The van der Waals surface area contributed by atoms with Crippen molar-refractivity contribution in [3.63, 3.8) is 0 Å². The van der Waals surface area contributed by atoms with Gasteiger partial charge in [-0.25, -0.2) is 4.79 Å². The number of esters is 2. The third-order valence-corrected chi connectivity index (χ3v) is 2.64. The predicted molar refractivity (Wildman–Crippen MR) is 67.9 cm³/mol. The number of rotatable bonds is 6. The molecule has 1 aliphatic heterocycles. The third kappa shape index (κ3) is 5.17. The fourth-order valence-corrected chi connectivity index (χ4v) is 1.48. The minimum absolute atomic E-state index is 0.141. The van der Waals surface area contributed by atoms with Gasteiger partial charge in [0.25, 0.3) is 0 Å². The lowest BCUT2D eigenvalue weighted by Crippen LogP contribution is -2.40. The molecule has 0 spiro atoms. The first kappa shape index (κ1) is 14.5. The Balaban J connectivity index is 2.17. The van der Waals surface area contributed by atoms with Crippen LogP contribution in [0.15, 0.2) is 23.3 Å². The summed E-state index contributed by atoms with van der Waals surface area (Å²) in [4.78, 5) is 21.8. The second kappa shape index (κ2) is 6.99. The van der Waals surface area contributed by atoms with Crippen LogP contribution in [0.5, 0.6) is 0 Å². The van der Waals surface area contributed by atoms with Crippen LogP contribution in [0.2, 0.25) is 0 Å². The lowest BCUT2D eigenvalue weighted by atomic mass is 10.1. The van der Waals surface area contributed by atoms with Gasteiger partial charge in [-0.05, 0) is 39.7 Å². The molecule has 0 aromatic carbocycles. The molecule has 0 radical (unpaired) electrons. The number of carbonyl (C=O) groups excluding carboxylic acids is 2. The van der Waals surface area contributed by atoms with Gasteiger partial charge >= 0.3 is 11.9 Å². The van der Waals surface area contributed by atoms with Crippen LogP contribution in [0.1, 0.15) is 40.0 Å². The van der Waals surface area contributed by atoms with Crippen molar-refractivity contribution in [1.29, 1.82) is 0 Å². The van der Waals surface area contributed by atoms with Crippen LogP contribution in [-0.2, 0) is 19.1 Å². The van der Waals surface area contributed by atoms with Gasteiger partial charge in [-0.3, -0.25) is 4.79 Å². The molecule has 1 fully saturated rings. The van der Waals surface area contributed by atoms with Crippen LogP contribution in [0.3, 0.4) is 0 Å². The van der Waals surface area contributed by atoms with Crippen molar-refractivity contribution in [2.75, 3.05) is 6.61 Å². The van der Waals surface area contributed by atoms with Gasteiger partial charge in [-0.2, -0.15) is 0 Å². The smallest absolute Gasteiger partial charge is 0.348 e. The highest BCUT2D eigenvalue weighted by Gasteiger charge is 2.36. The van der Waals surface area contributed by atoms with E-state index in [9.17, 15) is 9.59 Å². The normalized spacial score (nSPS) is 18.7. The largest absolute Gasteiger partial charge is 0.459 e. The van der Waals surface area contributed by atoms with E-state index in [-0.39, 0.29) is 19.0 Å². The molecule has 0 aliphatic carbocycles. The summed E-state index contributed by atoms with van der Waals surface area (Å²) < 4.78 is 9.59. The number of allylic oxidation sites excluding steroid dienone is 3. The molecule has 1 heterocycles. The number of carbonyl (C=O) groups is 2. The standard InChI is InChI=1S/C14H20O4/c1-10(2)5-4-6-11(3)7-8-17-14(16)12-9-13(15)18-12/h5,7,12H,4,6,8-9H2,1-3H3/b11-7+/t12-/m0/s1. The van der Waals surface area contributed by atoms with E-state index in [2.05, 4.69) is 24.7 Å². The summed E-state index contributed by atoms with van der Waals surface area (Å²) in [6, 6.07) is 0. The molecule has 0 amide bonds. The molecule has 1 atom stereocenters. The molecule has 1 aliphatic rings. The maximum atomic E-state index is 11.3. The molecule has 0 saturated carbocycles. The van der Waals surface area contributed by atoms with Crippen LogP contribution >= 0.6 is 0 Å². The van der Waals surface area contributed by atoms with Gasteiger partial charge in [0.1, 0.15) is 6.61 Å². The monoisotopic (exact) mass is 252 g/mol. The van der Waals surface area contributed by atoms with Crippen molar-refractivity contribution in [1.82, 2.24) is 0 Å². The lowest BCUT2D eigenvalue weighted by Gasteiger charge is -2.22. The molecule has 1 rings (SSSR count). The average Bonchev–Trinajstić information content (AvgIpc) is 2.24. The van der Waals surface area contributed by atoms with Crippen molar-refractivity contribution >= 4 is 11.9 Å². The summed E-state index contributed by atoms with van der Waals surface area (Å²) in [5.74, 6) is -0.798. The van der Waals surface area contributed by atoms with Gasteiger partial charge in [0.05, 0.1) is 6.42 Å². The molecule has 1 saturated heterocycles. The summed E-state index contributed by atoms with van der Waals surface area (Å²) in [5.41, 5.74) is 2.49. The average molecular weight is 252 g/mol. The van der Waals surface area contributed by atoms with E-state index in [1.54, 1.807) is 0 Å². The van der Waals surface area contributed by atoms with E-state index in [4.69, 9.17) is 4.74 Å². The molecule has 0 N–H and O–H groups in total. The molecular formula is C14H20O4. The zero-order valence-corrected chi connectivity index (χ0v) is 11.2. The van der Waals surface area contributed by atoms with Crippen molar-refractivity contribution in [3.05, 3.63) is 23.3 Å². The molecule has 4 nitrogen and oxygen atoms in total. The Morgan fingerprint density at radius 1 is 1.39 bits per heavy atom. The first-order valence-electron chi connectivity index (χ1n) is 6.14. The second-order valence-electron chi connectivity index (χ2n) is 4.68. The Morgan fingerprint density at radius 2 is 2.06 bits per heavy atom. The lowest BCUT2D eigenvalue weighted by molar-refractivity contribution is -0.184. The molecule has 0 bridgehead atoms. The highest BCUT2D eigenvalue weighted by Crippen LogP contribution is 2.14. The Morgan fingerprint density at radius 3 is 2.61 bits per heavy atom. The minimum Gasteiger partial charge on any atom is -0.459 e. The summed E-state index contributed by atoms with van der Waals surface area (Å²) in [6.07, 6.45) is 5.48. The minimum atomic E-state index is -0.683. The van der Waals surface area contributed by atoms with E-state index < -0.39 is 12.1 Å². The molecule has 0 aromatic heterocycles. The topological polar surface area (TPSA) is 52.6 Å². The second-order valence-corrected chi connectivity index (χ2v) is 4.68. The Kier molecular flexibility index (Phi) is 5.62. The predicted octanol–water partition coefficient (Wildman–Crippen LogP) is 2.54. The fourth-order valence-electron chi connectivity index (χ4n) is 1.48. The first-order chi connectivity index (χ1) is 8.49. The molecule has 0 aromatic rings. The van der Waals surface area contributed by atoms with Crippen molar-refractivity contribution in [3.8, 4) is 0 Å². The Labute approximate surface area is 108 Å². The molecule has 100 valence electrons. The first-order valence-corrected chi connectivity index (χ1v) is 6.14. The van der Waals surface area contributed by atoms with Crippen molar-refractivity contribution < 1.29 is 19.1 Å². The van der Waals surface area contributed by atoms with E-state index in [0.29, 0.717) is 0 Å². The van der Waals surface area contributed by atoms with Crippen LogP contribution in [0.25, 0.3) is 0 Å².